The predicted octanol–water partition coefficient (Wildman–Crippen LogP) is 3.14. The molecule has 0 aliphatic carbocycles. The third-order valence-electron chi connectivity index (χ3n) is 2.97. The second-order valence-electron chi connectivity index (χ2n) is 6.15. The molecule has 0 aromatic heterocycles. The first-order valence-corrected chi connectivity index (χ1v) is 8.42. The summed E-state index contributed by atoms with van der Waals surface area (Å²) in [6.07, 6.45) is -5.98. The summed E-state index contributed by atoms with van der Waals surface area (Å²) in [5.41, 5.74) is -0.689. The number of hydrogen-bond donors (Lipinski definition) is 0. The van der Waals surface area contributed by atoms with E-state index in [9.17, 15) is 26.4 Å². The number of carbonyl (C=O) groups excluding carboxylic acids is 1. The molecule has 0 spiro atoms. The van der Waals surface area contributed by atoms with Gasteiger partial charge in [0.1, 0.15) is 17.4 Å². The molecule has 11 heteroatoms. The fourth-order valence-electron chi connectivity index (χ4n) is 2.08. The van der Waals surface area contributed by atoms with E-state index in [0.29, 0.717) is 4.31 Å². The number of halogens is 3. The number of ether oxygens (including phenoxy) is 2. The first-order valence-electron chi connectivity index (χ1n) is 7.06. The molecular weight excluding hydrogens is 367 g/mol. The van der Waals surface area contributed by atoms with Gasteiger partial charge in [0.05, 0.1) is 6.61 Å². The maximum Gasteiger partial charge on any atom is 0.573 e. The maximum atomic E-state index is 12.2. The van der Waals surface area contributed by atoms with Gasteiger partial charge in [0, 0.05) is 0 Å². The van der Waals surface area contributed by atoms with Gasteiger partial charge in [-0.2, -0.15) is 12.7 Å². The normalized spacial score (nSPS) is 20.4. The van der Waals surface area contributed by atoms with Crippen LogP contribution in [0.5, 0.6) is 5.75 Å². The third-order valence-corrected chi connectivity index (χ3v) is 4.29. The van der Waals surface area contributed by atoms with Crippen LogP contribution in [-0.4, -0.2) is 37.4 Å². The monoisotopic (exact) mass is 383 g/mol. The molecule has 0 radical (unpaired) electrons. The molecule has 2 rings (SSSR count). The quantitative estimate of drug-likeness (QED) is 0.780. The van der Waals surface area contributed by atoms with Crippen LogP contribution in [0, 0.1) is 0 Å². The smallest absolute Gasteiger partial charge is 0.443 e. The molecule has 1 aliphatic heterocycles. The lowest BCUT2D eigenvalue weighted by Crippen LogP contribution is -2.39. The minimum Gasteiger partial charge on any atom is -0.443 e. The molecule has 0 N–H and O–H groups in total. The van der Waals surface area contributed by atoms with Crippen LogP contribution in [0.2, 0.25) is 0 Å². The summed E-state index contributed by atoms with van der Waals surface area (Å²) in [5.74, 6) is -0.471. The zero-order valence-corrected chi connectivity index (χ0v) is 14.3. The second kappa shape index (κ2) is 6.37. The lowest BCUT2D eigenvalue weighted by atomic mass is 10.1. The van der Waals surface area contributed by atoms with Gasteiger partial charge in [-0.3, -0.25) is 4.18 Å². The van der Waals surface area contributed by atoms with E-state index in [1.54, 1.807) is 20.8 Å². The van der Waals surface area contributed by atoms with Gasteiger partial charge in [0.2, 0.25) is 0 Å². The lowest BCUT2D eigenvalue weighted by molar-refractivity contribution is -0.274. The Hall–Kier alpha value is -2.01. The van der Waals surface area contributed by atoms with E-state index in [-0.39, 0.29) is 12.2 Å². The maximum absolute atomic E-state index is 12.2. The van der Waals surface area contributed by atoms with E-state index in [2.05, 4.69) is 8.92 Å². The van der Waals surface area contributed by atoms with Crippen molar-refractivity contribution in [3.63, 3.8) is 0 Å². The Morgan fingerprint density at radius 2 is 1.76 bits per heavy atom. The minimum absolute atomic E-state index is 0.251. The van der Waals surface area contributed by atoms with Crippen LogP contribution < -0.4 is 4.74 Å². The number of carbonyl (C=O) groups is 1. The molecule has 140 valence electrons. The van der Waals surface area contributed by atoms with Gasteiger partial charge in [0.25, 0.3) is 0 Å². The van der Waals surface area contributed by atoms with Gasteiger partial charge in [-0.15, -0.1) is 13.2 Å². The van der Waals surface area contributed by atoms with Gasteiger partial charge >= 0.3 is 22.8 Å². The molecule has 1 heterocycles. The largest absolute Gasteiger partial charge is 0.573 e. The summed E-state index contributed by atoms with van der Waals surface area (Å²) in [6.45, 7) is 4.31. The Kier molecular flexibility index (Phi) is 4.92. The molecule has 1 saturated heterocycles. The highest BCUT2D eigenvalue weighted by molar-refractivity contribution is 7.85. The van der Waals surface area contributed by atoms with Crippen LogP contribution in [0.25, 0.3) is 0 Å². The SMILES string of the molecule is CC(C)(C)OC(=O)N1[C@@H](c2ccc(OC(F)(F)F)cc2)COS1(=O)=O. The molecule has 1 atom stereocenters. The van der Waals surface area contributed by atoms with Gasteiger partial charge < -0.3 is 9.47 Å². The summed E-state index contributed by atoms with van der Waals surface area (Å²) in [6, 6.07) is 3.41. The summed E-state index contributed by atoms with van der Waals surface area (Å²) < 4.78 is 74.3. The van der Waals surface area contributed by atoms with Crippen LogP contribution in [0.1, 0.15) is 32.4 Å². The fourth-order valence-corrected chi connectivity index (χ4v) is 3.21. The number of nitrogens with zero attached hydrogens (tertiary/aromatic N) is 1. The molecule has 0 bridgehead atoms. The minimum atomic E-state index is -4.84. The van der Waals surface area contributed by atoms with E-state index >= 15 is 0 Å². The van der Waals surface area contributed by atoms with Crippen molar-refractivity contribution in [1.82, 2.24) is 4.31 Å². The molecule has 1 amide bonds. The van der Waals surface area contributed by atoms with Gasteiger partial charge in [-0.1, -0.05) is 12.1 Å². The number of amides is 1. The van der Waals surface area contributed by atoms with Crippen LogP contribution in [-0.2, 0) is 19.2 Å². The lowest BCUT2D eigenvalue weighted by Gasteiger charge is -2.26. The van der Waals surface area contributed by atoms with Gasteiger partial charge in [-0.25, -0.2) is 4.79 Å². The Morgan fingerprint density at radius 3 is 2.24 bits per heavy atom. The molecule has 0 unspecified atom stereocenters. The molecule has 0 saturated carbocycles. The van der Waals surface area contributed by atoms with Crippen molar-refractivity contribution in [2.75, 3.05) is 6.61 Å². The first kappa shape index (κ1) is 19.3. The Bertz CT molecular complexity index is 739. The summed E-state index contributed by atoms with van der Waals surface area (Å²) in [4.78, 5) is 12.2. The Balaban J connectivity index is 2.26. The van der Waals surface area contributed by atoms with Gasteiger partial charge in [-0.05, 0) is 38.5 Å². The van der Waals surface area contributed by atoms with Crippen LogP contribution in [0.15, 0.2) is 24.3 Å². The highest BCUT2D eigenvalue weighted by atomic mass is 32.2. The molecule has 1 aromatic rings. The van der Waals surface area contributed by atoms with E-state index in [4.69, 9.17) is 4.74 Å². The summed E-state index contributed by atoms with van der Waals surface area (Å²) in [5, 5.41) is 0. The summed E-state index contributed by atoms with van der Waals surface area (Å²) >= 11 is 0. The van der Waals surface area contributed by atoms with Crippen molar-refractivity contribution in [2.24, 2.45) is 0 Å². The average molecular weight is 383 g/mol. The highest BCUT2D eigenvalue weighted by Crippen LogP contribution is 2.34. The molecule has 7 nitrogen and oxygen atoms in total. The Morgan fingerprint density at radius 1 is 1.20 bits per heavy atom. The topological polar surface area (TPSA) is 82.1 Å². The predicted molar refractivity (Wildman–Crippen MR) is 78.8 cm³/mol. The van der Waals surface area contributed by atoms with Crippen LogP contribution >= 0.6 is 0 Å². The zero-order chi connectivity index (χ0) is 19.0. The van der Waals surface area contributed by atoms with Crippen molar-refractivity contribution in [3.8, 4) is 5.75 Å². The van der Waals surface area contributed by atoms with Crippen molar-refractivity contribution in [2.45, 2.75) is 38.8 Å². The standard InChI is InChI=1S/C14H16F3NO6S/c1-13(2,3)24-12(19)18-11(8-22-25(18,20)21)9-4-6-10(7-5-9)23-14(15,16)17/h4-7,11H,8H2,1-3H3/t11-/m1/s1. The molecule has 1 aromatic carbocycles. The van der Waals surface area contributed by atoms with Crippen molar-refractivity contribution < 1.29 is 40.0 Å². The first-order chi connectivity index (χ1) is 11.3. The van der Waals surface area contributed by atoms with Crippen LogP contribution in [0.3, 0.4) is 0 Å². The second-order valence-corrected chi connectivity index (χ2v) is 7.64. The number of alkyl halides is 3. The number of rotatable bonds is 2. The summed E-state index contributed by atoms with van der Waals surface area (Å²) in [7, 11) is -4.35. The van der Waals surface area contributed by atoms with E-state index in [1.165, 1.54) is 12.1 Å². The van der Waals surface area contributed by atoms with Gasteiger partial charge in [0.15, 0.2) is 0 Å². The number of hydrogen-bond acceptors (Lipinski definition) is 6. The van der Waals surface area contributed by atoms with E-state index < -0.39 is 40.2 Å². The molecule has 1 fully saturated rings. The van der Waals surface area contributed by atoms with E-state index in [0.717, 1.165) is 12.1 Å². The highest BCUT2D eigenvalue weighted by Gasteiger charge is 2.45. The van der Waals surface area contributed by atoms with Crippen molar-refractivity contribution >= 4 is 16.4 Å². The Labute approximate surface area is 142 Å². The zero-order valence-electron chi connectivity index (χ0n) is 13.5. The van der Waals surface area contributed by atoms with Crippen LogP contribution in [0.4, 0.5) is 18.0 Å². The van der Waals surface area contributed by atoms with Crippen molar-refractivity contribution in [3.05, 3.63) is 29.8 Å². The third kappa shape index (κ3) is 4.98. The average Bonchev–Trinajstić information content (AvgIpc) is 2.71. The number of benzene rings is 1. The molecule has 1 aliphatic rings. The molecule has 25 heavy (non-hydrogen) atoms. The molecular formula is C14H16F3NO6S. The van der Waals surface area contributed by atoms with E-state index in [1.807, 2.05) is 0 Å². The fraction of sp³-hybridized carbons (Fsp3) is 0.500. The van der Waals surface area contributed by atoms with Crippen molar-refractivity contribution in [1.29, 1.82) is 0 Å².